The van der Waals surface area contributed by atoms with Gasteiger partial charge in [0.1, 0.15) is 6.61 Å². The van der Waals surface area contributed by atoms with Gasteiger partial charge in [-0.3, -0.25) is 4.79 Å². The fourth-order valence-corrected chi connectivity index (χ4v) is 1.50. The average molecular weight is 242 g/mol. The molecule has 0 unspecified atom stereocenters. The van der Waals surface area contributed by atoms with Gasteiger partial charge < -0.3 is 9.72 Å². The van der Waals surface area contributed by atoms with Crippen molar-refractivity contribution >= 4 is 12.0 Å². The minimum atomic E-state index is -0.271. The topological polar surface area (TPSA) is 55.0 Å². The Balaban J connectivity index is 1.83. The van der Waals surface area contributed by atoms with Crippen LogP contribution in [0.4, 0.5) is 0 Å². The SMILES string of the molecule is C=Cc1ccc(COC(=O)Cc2cnc[nH]2)cc1. The van der Waals surface area contributed by atoms with Gasteiger partial charge in [-0.1, -0.05) is 36.9 Å². The Morgan fingerprint density at radius 1 is 1.39 bits per heavy atom. The molecule has 0 atom stereocenters. The van der Waals surface area contributed by atoms with Crippen LogP contribution in [-0.4, -0.2) is 15.9 Å². The molecule has 1 heterocycles. The molecule has 92 valence electrons. The zero-order chi connectivity index (χ0) is 12.8. The monoisotopic (exact) mass is 242 g/mol. The molecule has 0 amide bonds. The van der Waals surface area contributed by atoms with Crippen LogP contribution in [0.5, 0.6) is 0 Å². The highest BCUT2D eigenvalue weighted by atomic mass is 16.5. The quantitative estimate of drug-likeness (QED) is 0.819. The maximum atomic E-state index is 11.5. The Bertz CT molecular complexity index is 515. The predicted molar refractivity (Wildman–Crippen MR) is 68.6 cm³/mol. The van der Waals surface area contributed by atoms with Gasteiger partial charge in [0.2, 0.25) is 0 Å². The van der Waals surface area contributed by atoms with Gasteiger partial charge in [0.05, 0.1) is 12.7 Å². The largest absolute Gasteiger partial charge is 0.461 e. The van der Waals surface area contributed by atoms with Gasteiger partial charge in [0.25, 0.3) is 0 Å². The van der Waals surface area contributed by atoms with E-state index in [4.69, 9.17) is 4.74 Å². The lowest BCUT2D eigenvalue weighted by atomic mass is 10.1. The molecule has 2 rings (SSSR count). The fourth-order valence-electron chi connectivity index (χ4n) is 1.50. The van der Waals surface area contributed by atoms with Crippen molar-refractivity contribution in [2.75, 3.05) is 0 Å². The van der Waals surface area contributed by atoms with Crippen LogP contribution < -0.4 is 0 Å². The zero-order valence-electron chi connectivity index (χ0n) is 9.93. The van der Waals surface area contributed by atoms with E-state index in [-0.39, 0.29) is 19.0 Å². The van der Waals surface area contributed by atoms with E-state index >= 15 is 0 Å². The lowest BCUT2D eigenvalue weighted by Crippen LogP contribution is -2.08. The smallest absolute Gasteiger partial charge is 0.312 e. The van der Waals surface area contributed by atoms with E-state index in [9.17, 15) is 4.79 Å². The summed E-state index contributed by atoms with van der Waals surface area (Å²) >= 11 is 0. The highest BCUT2D eigenvalue weighted by Crippen LogP contribution is 2.07. The molecule has 1 N–H and O–H groups in total. The first-order chi connectivity index (χ1) is 8.78. The maximum Gasteiger partial charge on any atom is 0.312 e. The molecule has 0 fully saturated rings. The van der Waals surface area contributed by atoms with E-state index < -0.39 is 0 Å². The summed E-state index contributed by atoms with van der Waals surface area (Å²) < 4.78 is 5.16. The number of imidazole rings is 1. The molecule has 0 saturated heterocycles. The summed E-state index contributed by atoms with van der Waals surface area (Å²) in [5, 5.41) is 0. The molecular weight excluding hydrogens is 228 g/mol. The van der Waals surface area contributed by atoms with Gasteiger partial charge in [-0.15, -0.1) is 0 Å². The predicted octanol–water partition coefficient (Wildman–Crippen LogP) is 2.34. The van der Waals surface area contributed by atoms with Gasteiger partial charge in [-0.2, -0.15) is 0 Å². The van der Waals surface area contributed by atoms with Crippen LogP contribution in [0.3, 0.4) is 0 Å². The fraction of sp³-hybridized carbons (Fsp3) is 0.143. The number of nitrogens with one attached hydrogen (secondary N) is 1. The van der Waals surface area contributed by atoms with Crippen molar-refractivity contribution < 1.29 is 9.53 Å². The number of esters is 1. The van der Waals surface area contributed by atoms with E-state index in [0.29, 0.717) is 0 Å². The van der Waals surface area contributed by atoms with Crippen molar-refractivity contribution in [3.8, 4) is 0 Å². The summed E-state index contributed by atoms with van der Waals surface area (Å²) in [6.45, 7) is 3.96. The highest BCUT2D eigenvalue weighted by molar-refractivity contribution is 5.71. The van der Waals surface area contributed by atoms with Crippen LogP contribution >= 0.6 is 0 Å². The number of nitrogens with zero attached hydrogens (tertiary/aromatic N) is 1. The molecule has 4 heteroatoms. The minimum absolute atomic E-state index is 0.213. The van der Waals surface area contributed by atoms with E-state index in [2.05, 4.69) is 16.5 Å². The van der Waals surface area contributed by atoms with Crippen LogP contribution in [0.25, 0.3) is 6.08 Å². The summed E-state index contributed by atoms with van der Waals surface area (Å²) in [5.74, 6) is -0.271. The number of benzene rings is 1. The first-order valence-corrected chi connectivity index (χ1v) is 5.62. The second-order valence-corrected chi connectivity index (χ2v) is 3.86. The minimum Gasteiger partial charge on any atom is -0.461 e. The number of aromatic nitrogens is 2. The van der Waals surface area contributed by atoms with E-state index in [1.165, 1.54) is 6.33 Å². The molecule has 0 aliphatic carbocycles. The molecule has 0 radical (unpaired) electrons. The average Bonchev–Trinajstić information content (AvgIpc) is 2.90. The zero-order valence-corrected chi connectivity index (χ0v) is 9.93. The Morgan fingerprint density at radius 2 is 2.17 bits per heavy atom. The number of ether oxygens (including phenoxy) is 1. The standard InChI is InChI=1S/C14H14N2O2/c1-2-11-3-5-12(6-4-11)9-18-14(17)7-13-8-15-10-16-13/h2-6,8,10H,1,7,9H2,(H,15,16). The molecular formula is C14H14N2O2. The molecule has 0 aliphatic heterocycles. The third-order valence-electron chi connectivity index (χ3n) is 2.50. The number of aromatic amines is 1. The summed E-state index contributed by atoms with van der Waals surface area (Å²) in [4.78, 5) is 18.2. The third kappa shape index (κ3) is 3.31. The van der Waals surface area contributed by atoms with Crippen LogP contribution in [0.1, 0.15) is 16.8 Å². The van der Waals surface area contributed by atoms with Crippen molar-refractivity contribution in [3.63, 3.8) is 0 Å². The lowest BCUT2D eigenvalue weighted by molar-refractivity contribution is -0.144. The van der Waals surface area contributed by atoms with Crippen LogP contribution in [0.2, 0.25) is 0 Å². The molecule has 1 aromatic carbocycles. The van der Waals surface area contributed by atoms with Crippen LogP contribution in [0.15, 0.2) is 43.4 Å². The summed E-state index contributed by atoms with van der Waals surface area (Å²) in [7, 11) is 0. The van der Waals surface area contributed by atoms with Crippen LogP contribution in [-0.2, 0) is 22.6 Å². The molecule has 2 aromatic rings. The van der Waals surface area contributed by atoms with Crippen LogP contribution in [0, 0.1) is 0 Å². The number of carbonyl (C=O) groups excluding carboxylic acids is 1. The van der Waals surface area contributed by atoms with Gasteiger partial charge in [0.15, 0.2) is 0 Å². The Labute approximate surface area is 105 Å². The molecule has 1 aromatic heterocycles. The Hall–Kier alpha value is -2.36. The first kappa shape index (κ1) is 12.1. The maximum absolute atomic E-state index is 11.5. The summed E-state index contributed by atoms with van der Waals surface area (Å²) in [6.07, 6.45) is 5.13. The third-order valence-corrected chi connectivity index (χ3v) is 2.50. The molecule has 0 saturated carbocycles. The molecule has 18 heavy (non-hydrogen) atoms. The molecule has 0 aliphatic rings. The van der Waals surface area contributed by atoms with Crippen molar-refractivity contribution in [1.29, 1.82) is 0 Å². The second-order valence-electron chi connectivity index (χ2n) is 3.86. The normalized spacial score (nSPS) is 10.0. The number of carbonyl (C=O) groups is 1. The van der Waals surface area contributed by atoms with Gasteiger partial charge in [-0.05, 0) is 11.1 Å². The summed E-state index contributed by atoms with van der Waals surface area (Å²) in [5.41, 5.74) is 2.75. The van der Waals surface area contributed by atoms with Gasteiger partial charge in [0, 0.05) is 11.9 Å². The number of hydrogen-bond acceptors (Lipinski definition) is 3. The Morgan fingerprint density at radius 3 is 2.78 bits per heavy atom. The van der Waals surface area contributed by atoms with Gasteiger partial charge in [-0.25, -0.2) is 4.98 Å². The number of H-pyrrole nitrogens is 1. The molecule has 0 spiro atoms. The van der Waals surface area contributed by atoms with E-state index in [0.717, 1.165) is 16.8 Å². The first-order valence-electron chi connectivity index (χ1n) is 5.62. The van der Waals surface area contributed by atoms with Crippen molar-refractivity contribution in [2.45, 2.75) is 13.0 Å². The summed E-state index contributed by atoms with van der Waals surface area (Å²) in [6, 6.07) is 7.71. The number of hydrogen-bond donors (Lipinski definition) is 1. The van der Waals surface area contributed by atoms with Crippen molar-refractivity contribution in [3.05, 3.63) is 60.2 Å². The lowest BCUT2D eigenvalue weighted by Gasteiger charge is -2.04. The van der Waals surface area contributed by atoms with Crippen molar-refractivity contribution in [2.24, 2.45) is 0 Å². The van der Waals surface area contributed by atoms with E-state index in [1.54, 1.807) is 12.3 Å². The highest BCUT2D eigenvalue weighted by Gasteiger charge is 2.05. The Kier molecular flexibility index (Phi) is 3.91. The van der Waals surface area contributed by atoms with Crippen molar-refractivity contribution in [1.82, 2.24) is 9.97 Å². The molecule has 4 nitrogen and oxygen atoms in total. The van der Waals surface area contributed by atoms with E-state index in [1.807, 2.05) is 24.3 Å². The number of rotatable bonds is 5. The second kappa shape index (κ2) is 5.82. The van der Waals surface area contributed by atoms with Gasteiger partial charge >= 0.3 is 5.97 Å². The molecule has 0 bridgehead atoms.